The van der Waals surface area contributed by atoms with Crippen molar-refractivity contribution in [3.8, 4) is 0 Å². The van der Waals surface area contributed by atoms with Crippen LogP contribution in [0.2, 0.25) is 0 Å². The van der Waals surface area contributed by atoms with Gasteiger partial charge < -0.3 is 5.73 Å². The highest BCUT2D eigenvalue weighted by Crippen LogP contribution is 2.15. The van der Waals surface area contributed by atoms with Crippen LogP contribution in [0.3, 0.4) is 0 Å². The van der Waals surface area contributed by atoms with Crippen LogP contribution in [-0.2, 0) is 19.9 Å². The standard InChI is InChI=1S/C11H16N2O4S3/c1-13(7-8-19(2,14)15)20(16,17)10-5-3-9(4-6-10)11(12)18/h3-6H,7-8H2,1-2H3,(H2,12,18). The first kappa shape index (κ1) is 17.0. The zero-order chi connectivity index (χ0) is 15.6. The van der Waals surface area contributed by atoms with E-state index in [-0.39, 0.29) is 22.2 Å². The normalized spacial score (nSPS) is 12.6. The van der Waals surface area contributed by atoms with E-state index < -0.39 is 19.9 Å². The lowest BCUT2D eigenvalue weighted by Gasteiger charge is -2.16. The summed E-state index contributed by atoms with van der Waals surface area (Å²) >= 11 is 4.78. The largest absolute Gasteiger partial charge is 0.389 e. The first-order chi connectivity index (χ1) is 9.04. The number of sulfonamides is 1. The average molecular weight is 336 g/mol. The molecule has 0 aliphatic carbocycles. The van der Waals surface area contributed by atoms with Crippen molar-refractivity contribution >= 4 is 37.1 Å². The van der Waals surface area contributed by atoms with Crippen LogP contribution >= 0.6 is 12.2 Å². The maximum absolute atomic E-state index is 12.2. The Morgan fingerprint density at radius 1 is 1.20 bits per heavy atom. The summed E-state index contributed by atoms with van der Waals surface area (Å²) in [4.78, 5) is 0.243. The quantitative estimate of drug-likeness (QED) is 0.734. The second-order valence-electron chi connectivity index (χ2n) is 4.35. The van der Waals surface area contributed by atoms with E-state index in [4.69, 9.17) is 18.0 Å². The molecular weight excluding hydrogens is 320 g/mol. The molecule has 0 atom stereocenters. The van der Waals surface area contributed by atoms with Gasteiger partial charge in [-0.05, 0) is 12.1 Å². The van der Waals surface area contributed by atoms with Gasteiger partial charge in [-0.2, -0.15) is 4.31 Å². The van der Waals surface area contributed by atoms with Crippen molar-refractivity contribution in [3.63, 3.8) is 0 Å². The third-order valence-electron chi connectivity index (χ3n) is 2.62. The summed E-state index contributed by atoms with van der Waals surface area (Å²) in [6.45, 7) is -0.0990. The summed E-state index contributed by atoms with van der Waals surface area (Å²) in [5.74, 6) is -0.228. The third-order valence-corrected chi connectivity index (χ3v) is 5.65. The Morgan fingerprint density at radius 3 is 2.10 bits per heavy atom. The van der Waals surface area contributed by atoms with E-state index in [9.17, 15) is 16.8 Å². The first-order valence-electron chi connectivity index (χ1n) is 5.58. The number of hydrogen-bond acceptors (Lipinski definition) is 5. The summed E-state index contributed by atoms with van der Waals surface area (Å²) < 4.78 is 47.5. The van der Waals surface area contributed by atoms with Crippen LogP contribution in [-0.4, -0.2) is 51.7 Å². The maximum Gasteiger partial charge on any atom is 0.242 e. The van der Waals surface area contributed by atoms with E-state index in [1.54, 1.807) is 0 Å². The Labute approximate surface area is 124 Å². The van der Waals surface area contributed by atoms with Crippen molar-refractivity contribution < 1.29 is 16.8 Å². The number of sulfone groups is 1. The van der Waals surface area contributed by atoms with Gasteiger partial charge in [-0.3, -0.25) is 0 Å². The molecule has 0 bridgehead atoms. The molecule has 20 heavy (non-hydrogen) atoms. The molecule has 0 amide bonds. The molecule has 0 spiro atoms. The van der Waals surface area contributed by atoms with Gasteiger partial charge in [0, 0.05) is 25.4 Å². The molecule has 0 radical (unpaired) electrons. The predicted molar refractivity (Wildman–Crippen MR) is 81.9 cm³/mol. The van der Waals surface area contributed by atoms with Crippen LogP contribution in [0.15, 0.2) is 29.2 Å². The molecule has 0 aliphatic rings. The molecule has 0 unspecified atom stereocenters. The molecule has 0 saturated heterocycles. The summed E-state index contributed by atoms with van der Waals surface area (Å²) in [7, 11) is -5.60. The van der Waals surface area contributed by atoms with Gasteiger partial charge in [-0.25, -0.2) is 16.8 Å². The van der Waals surface area contributed by atoms with E-state index in [0.717, 1.165) is 10.6 Å². The zero-order valence-electron chi connectivity index (χ0n) is 11.1. The number of hydrogen-bond donors (Lipinski definition) is 1. The minimum Gasteiger partial charge on any atom is -0.389 e. The van der Waals surface area contributed by atoms with Gasteiger partial charge in [0.25, 0.3) is 0 Å². The molecule has 0 aromatic heterocycles. The Morgan fingerprint density at radius 2 is 1.70 bits per heavy atom. The Kier molecular flexibility index (Phi) is 5.25. The van der Waals surface area contributed by atoms with E-state index in [1.165, 1.54) is 31.3 Å². The van der Waals surface area contributed by atoms with Crippen molar-refractivity contribution in [1.29, 1.82) is 0 Å². The lowest BCUT2D eigenvalue weighted by Crippen LogP contribution is -2.31. The zero-order valence-corrected chi connectivity index (χ0v) is 13.6. The summed E-state index contributed by atoms with van der Waals surface area (Å²) in [5.41, 5.74) is 6.00. The highest BCUT2D eigenvalue weighted by atomic mass is 32.2. The highest BCUT2D eigenvalue weighted by Gasteiger charge is 2.21. The summed E-state index contributed by atoms with van der Waals surface area (Å²) in [6.07, 6.45) is 1.06. The van der Waals surface area contributed by atoms with Crippen LogP contribution in [0, 0.1) is 0 Å². The summed E-state index contributed by atoms with van der Waals surface area (Å²) in [5, 5.41) is 0. The molecule has 0 heterocycles. The van der Waals surface area contributed by atoms with Gasteiger partial charge in [0.1, 0.15) is 14.8 Å². The summed E-state index contributed by atoms with van der Waals surface area (Å²) in [6, 6.07) is 5.81. The van der Waals surface area contributed by atoms with E-state index in [0.29, 0.717) is 5.56 Å². The number of rotatable bonds is 6. The van der Waals surface area contributed by atoms with E-state index >= 15 is 0 Å². The van der Waals surface area contributed by atoms with Gasteiger partial charge in [-0.15, -0.1) is 0 Å². The third kappa shape index (κ3) is 4.51. The van der Waals surface area contributed by atoms with Gasteiger partial charge in [0.05, 0.1) is 10.6 Å². The topological polar surface area (TPSA) is 97.5 Å². The molecule has 0 saturated carbocycles. The Bertz CT molecular complexity index is 694. The lowest BCUT2D eigenvalue weighted by molar-refractivity contribution is 0.485. The number of thiocarbonyl (C=S) groups is 1. The molecule has 0 fully saturated rings. The smallest absolute Gasteiger partial charge is 0.242 e. The van der Waals surface area contributed by atoms with Crippen molar-refractivity contribution in [3.05, 3.63) is 29.8 Å². The van der Waals surface area contributed by atoms with Crippen LogP contribution in [0.1, 0.15) is 5.56 Å². The SMILES string of the molecule is CN(CCS(C)(=O)=O)S(=O)(=O)c1ccc(C(N)=S)cc1. The average Bonchev–Trinajstić information content (AvgIpc) is 2.35. The van der Waals surface area contributed by atoms with Crippen LogP contribution < -0.4 is 5.73 Å². The van der Waals surface area contributed by atoms with Gasteiger partial charge >= 0.3 is 0 Å². The number of nitrogens with two attached hydrogens (primary N) is 1. The molecule has 2 N–H and O–H groups in total. The highest BCUT2D eigenvalue weighted by molar-refractivity contribution is 7.91. The Hall–Kier alpha value is -1.03. The van der Waals surface area contributed by atoms with Crippen LogP contribution in [0.25, 0.3) is 0 Å². The fourth-order valence-corrected chi connectivity index (χ4v) is 3.41. The van der Waals surface area contributed by atoms with Gasteiger partial charge in [0.15, 0.2) is 0 Å². The monoisotopic (exact) mass is 336 g/mol. The second kappa shape index (κ2) is 6.17. The predicted octanol–water partition coefficient (Wildman–Crippen LogP) is -0.0141. The van der Waals surface area contributed by atoms with Crippen molar-refractivity contribution in [2.45, 2.75) is 4.90 Å². The van der Waals surface area contributed by atoms with Gasteiger partial charge in [-0.1, -0.05) is 24.4 Å². The van der Waals surface area contributed by atoms with Crippen LogP contribution in [0.4, 0.5) is 0 Å². The number of nitrogens with zero attached hydrogens (tertiary/aromatic N) is 1. The van der Waals surface area contributed by atoms with Crippen molar-refractivity contribution in [1.82, 2.24) is 4.31 Å². The molecule has 1 rings (SSSR count). The van der Waals surface area contributed by atoms with E-state index in [1.807, 2.05) is 0 Å². The fourth-order valence-electron chi connectivity index (χ4n) is 1.39. The second-order valence-corrected chi connectivity index (χ2v) is 9.09. The molecule has 9 heteroatoms. The molecule has 1 aromatic carbocycles. The lowest BCUT2D eigenvalue weighted by atomic mass is 10.2. The van der Waals surface area contributed by atoms with Crippen LogP contribution in [0.5, 0.6) is 0 Å². The van der Waals surface area contributed by atoms with Gasteiger partial charge in [0.2, 0.25) is 10.0 Å². The minimum absolute atomic E-state index is 0.0634. The Balaban J connectivity index is 2.95. The minimum atomic E-state index is -3.72. The molecule has 1 aromatic rings. The van der Waals surface area contributed by atoms with Crippen molar-refractivity contribution in [2.75, 3.05) is 25.6 Å². The fraction of sp³-hybridized carbons (Fsp3) is 0.364. The molecule has 0 aliphatic heterocycles. The van der Waals surface area contributed by atoms with Crippen molar-refractivity contribution in [2.24, 2.45) is 5.73 Å². The maximum atomic E-state index is 12.2. The first-order valence-corrected chi connectivity index (χ1v) is 9.49. The van der Waals surface area contributed by atoms with E-state index in [2.05, 4.69) is 0 Å². The molecule has 112 valence electrons. The molecular formula is C11H16N2O4S3. The number of benzene rings is 1. The molecule has 6 nitrogen and oxygen atoms in total.